The Morgan fingerprint density at radius 3 is 1.82 bits per heavy atom. The van der Waals surface area contributed by atoms with E-state index in [4.69, 9.17) is 24.9 Å². The Morgan fingerprint density at radius 1 is 0.412 bits per heavy atom. The molecule has 1 aliphatic rings. The standard InChI is InChI=1S/C46H29N5/c1-46(2)37-17-8-7-15-31(37)36-24-35-30-14-6-5-13-29(30)34-23-26(25-48-42(34)44(35)51-45(36)46)38-18-9-19-39(49-38)40-21-20-33-28-12-4-3-11-27(28)32-16-10-22-47-41(32)43(33)50-40/h3-25H,1-2H3. The van der Waals surface area contributed by atoms with Gasteiger partial charge in [-0.05, 0) is 75.1 Å². The highest BCUT2D eigenvalue weighted by molar-refractivity contribution is 6.25. The van der Waals surface area contributed by atoms with Gasteiger partial charge in [0, 0.05) is 50.5 Å². The number of benzene rings is 5. The number of pyridine rings is 5. The number of fused-ring (bicyclic) bond motifs is 15. The molecule has 0 fully saturated rings. The molecule has 0 spiro atoms. The van der Waals surface area contributed by atoms with Crippen LogP contribution in [-0.2, 0) is 5.41 Å². The lowest BCUT2D eigenvalue weighted by atomic mass is 9.85. The van der Waals surface area contributed by atoms with Crippen LogP contribution in [0.3, 0.4) is 0 Å². The van der Waals surface area contributed by atoms with Crippen LogP contribution in [0.4, 0.5) is 0 Å². The van der Waals surface area contributed by atoms with E-state index in [1.165, 1.54) is 32.8 Å². The molecule has 5 aromatic heterocycles. The normalized spacial score (nSPS) is 13.5. The minimum atomic E-state index is -0.200. The Kier molecular flexibility index (Phi) is 5.66. The average Bonchev–Trinajstić information content (AvgIpc) is 3.42. The van der Waals surface area contributed by atoms with Gasteiger partial charge in [-0.15, -0.1) is 0 Å². The number of nitrogens with zero attached hydrogens (tertiary/aromatic N) is 5. The molecule has 51 heavy (non-hydrogen) atoms. The number of aromatic nitrogens is 5. The average molecular weight is 652 g/mol. The third kappa shape index (κ3) is 3.94. The van der Waals surface area contributed by atoms with E-state index in [0.29, 0.717) is 0 Å². The largest absolute Gasteiger partial charge is 0.254 e. The van der Waals surface area contributed by atoms with Gasteiger partial charge in [0.25, 0.3) is 0 Å². The maximum absolute atomic E-state index is 5.43. The van der Waals surface area contributed by atoms with Crippen LogP contribution in [0.1, 0.15) is 25.1 Å². The first-order valence-corrected chi connectivity index (χ1v) is 17.3. The summed E-state index contributed by atoms with van der Waals surface area (Å²) >= 11 is 0. The van der Waals surface area contributed by atoms with E-state index in [2.05, 4.69) is 117 Å². The van der Waals surface area contributed by atoms with E-state index < -0.39 is 0 Å². The fourth-order valence-corrected chi connectivity index (χ4v) is 8.43. The molecule has 0 atom stereocenters. The lowest BCUT2D eigenvalue weighted by molar-refractivity contribution is 0.640. The van der Waals surface area contributed by atoms with Crippen LogP contribution in [0.5, 0.6) is 0 Å². The van der Waals surface area contributed by atoms with Crippen molar-refractivity contribution in [3.8, 4) is 33.8 Å². The van der Waals surface area contributed by atoms with Gasteiger partial charge in [-0.1, -0.05) is 98.8 Å². The molecule has 11 rings (SSSR count). The SMILES string of the molecule is CC1(C)c2ccccc2-c2cc3c4ccccc4c4cc(-c5cccc(-c6ccc7c8ccccc8c8cccnc8c7n6)n5)cnc4c3nc21. The number of hydrogen-bond acceptors (Lipinski definition) is 5. The van der Waals surface area contributed by atoms with Gasteiger partial charge in [-0.3, -0.25) is 9.97 Å². The molecule has 0 radical (unpaired) electrons. The Morgan fingerprint density at radius 2 is 1.02 bits per heavy atom. The summed E-state index contributed by atoms with van der Waals surface area (Å²) in [6, 6.07) is 44.8. The van der Waals surface area contributed by atoms with E-state index in [1.54, 1.807) is 0 Å². The van der Waals surface area contributed by atoms with Gasteiger partial charge in [-0.2, -0.15) is 0 Å². The third-order valence-corrected chi connectivity index (χ3v) is 10.9. The highest BCUT2D eigenvalue weighted by Gasteiger charge is 2.37. The minimum Gasteiger partial charge on any atom is -0.254 e. The maximum atomic E-state index is 5.43. The van der Waals surface area contributed by atoms with E-state index >= 15 is 0 Å². The molecule has 0 amide bonds. The van der Waals surface area contributed by atoms with Gasteiger partial charge in [0.2, 0.25) is 0 Å². The maximum Gasteiger partial charge on any atom is 0.0979 e. The predicted molar refractivity (Wildman–Crippen MR) is 209 cm³/mol. The van der Waals surface area contributed by atoms with Crippen LogP contribution < -0.4 is 0 Å². The van der Waals surface area contributed by atoms with Gasteiger partial charge in [0.05, 0.1) is 44.8 Å². The molecule has 238 valence electrons. The number of hydrogen-bond donors (Lipinski definition) is 0. The van der Waals surface area contributed by atoms with Crippen LogP contribution in [-0.4, -0.2) is 24.9 Å². The number of rotatable bonds is 2. The molecular formula is C46H29N5. The van der Waals surface area contributed by atoms with E-state index in [-0.39, 0.29) is 5.41 Å². The molecule has 0 bridgehead atoms. The van der Waals surface area contributed by atoms with Gasteiger partial charge < -0.3 is 0 Å². The topological polar surface area (TPSA) is 64.5 Å². The van der Waals surface area contributed by atoms with Crippen molar-refractivity contribution in [3.05, 3.63) is 151 Å². The summed E-state index contributed by atoms with van der Waals surface area (Å²) in [5.41, 5.74) is 11.7. The van der Waals surface area contributed by atoms with Crippen LogP contribution in [0.25, 0.3) is 98.9 Å². The van der Waals surface area contributed by atoms with Crippen molar-refractivity contribution in [2.45, 2.75) is 19.3 Å². The summed E-state index contributed by atoms with van der Waals surface area (Å²) in [4.78, 5) is 25.7. The van der Waals surface area contributed by atoms with Crippen LogP contribution in [0.15, 0.2) is 140 Å². The zero-order valence-electron chi connectivity index (χ0n) is 28.0. The Hall–Kier alpha value is -6.59. The van der Waals surface area contributed by atoms with Crippen LogP contribution >= 0.6 is 0 Å². The quantitative estimate of drug-likeness (QED) is 0.174. The first-order valence-electron chi connectivity index (χ1n) is 17.3. The van der Waals surface area contributed by atoms with Crippen molar-refractivity contribution in [1.82, 2.24) is 24.9 Å². The molecule has 10 aromatic rings. The van der Waals surface area contributed by atoms with Gasteiger partial charge in [0.15, 0.2) is 0 Å². The van der Waals surface area contributed by atoms with Crippen molar-refractivity contribution >= 4 is 65.2 Å². The molecule has 5 heterocycles. The fraction of sp³-hybridized carbons (Fsp3) is 0.0652. The molecule has 5 nitrogen and oxygen atoms in total. The van der Waals surface area contributed by atoms with Crippen molar-refractivity contribution in [1.29, 1.82) is 0 Å². The summed E-state index contributed by atoms with van der Waals surface area (Å²) in [7, 11) is 0. The highest BCUT2D eigenvalue weighted by atomic mass is 14.8. The molecule has 0 saturated heterocycles. The van der Waals surface area contributed by atoms with Crippen molar-refractivity contribution in [2.75, 3.05) is 0 Å². The molecule has 0 N–H and O–H groups in total. The second kappa shape index (κ2) is 10.2. The zero-order valence-corrected chi connectivity index (χ0v) is 28.0. The molecule has 0 aliphatic heterocycles. The minimum absolute atomic E-state index is 0.200. The summed E-state index contributed by atoms with van der Waals surface area (Å²) in [5, 5.41) is 9.05. The monoisotopic (exact) mass is 651 g/mol. The predicted octanol–water partition coefficient (Wildman–Crippen LogP) is 11.2. The Balaban J connectivity index is 1.09. The molecule has 5 aromatic carbocycles. The second-order valence-electron chi connectivity index (χ2n) is 14.1. The Labute approximate surface area is 293 Å². The molecule has 0 saturated carbocycles. The summed E-state index contributed by atoms with van der Waals surface area (Å²) in [6.45, 7) is 4.55. The zero-order chi connectivity index (χ0) is 33.8. The van der Waals surface area contributed by atoms with Crippen molar-refractivity contribution in [3.63, 3.8) is 0 Å². The first kappa shape index (κ1) is 28.3. The molecule has 0 unspecified atom stereocenters. The summed E-state index contributed by atoms with van der Waals surface area (Å²) in [6.07, 6.45) is 3.78. The molecular weight excluding hydrogens is 623 g/mol. The van der Waals surface area contributed by atoms with Gasteiger partial charge in [-0.25, -0.2) is 15.0 Å². The van der Waals surface area contributed by atoms with Crippen molar-refractivity contribution in [2.24, 2.45) is 0 Å². The Bertz CT molecular complexity index is 3090. The van der Waals surface area contributed by atoms with Crippen LogP contribution in [0.2, 0.25) is 0 Å². The highest BCUT2D eigenvalue weighted by Crippen LogP contribution is 2.49. The molecule has 1 aliphatic carbocycles. The lowest BCUT2D eigenvalue weighted by Crippen LogP contribution is -2.16. The van der Waals surface area contributed by atoms with Gasteiger partial charge >= 0.3 is 0 Å². The lowest BCUT2D eigenvalue weighted by Gasteiger charge is -2.21. The van der Waals surface area contributed by atoms with E-state index in [0.717, 1.165) is 77.3 Å². The first-order chi connectivity index (χ1) is 25.0. The summed E-state index contributed by atoms with van der Waals surface area (Å²) < 4.78 is 0. The molecule has 5 heteroatoms. The fourth-order valence-electron chi connectivity index (χ4n) is 8.43. The van der Waals surface area contributed by atoms with Crippen molar-refractivity contribution < 1.29 is 0 Å². The van der Waals surface area contributed by atoms with E-state index in [1.807, 2.05) is 36.7 Å². The summed E-state index contributed by atoms with van der Waals surface area (Å²) in [5.74, 6) is 0. The van der Waals surface area contributed by atoms with Gasteiger partial charge in [0.1, 0.15) is 0 Å². The van der Waals surface area contributed by atoms with E-state index in [9.17, 15) is 0 Å². The second-order valence-corrected chi connectivity index (χ2v) is 14.1. The third-order valence-electron chi connectivity index (χ3n) is 10.9. The van der Waals surface area contributed by atoms with Crippen LogP contribution in [0, 0.1) is 0 Å². The smallest absolute Gasteiger partial charge is 0.0979 e.